The lowest BCUT2D eigenvalue weighted by molar-refractivity contribution is 0.210. The first-order chi connectivity index (χ1) is 7.90. The van der Waals surface area contributed by atoms with Crippen LogP contribution in [0.5, 0.6) is 0 Å². The van der Waals surface area contributed by atoms with Crippen molar-refractivity contribution in [3.05, 3.63) is 33.2 Å². The number of aliphatic hydroxyl groups excluding tert-OH is 2. The van der Waals surface area contributed by atoms with Crippen molar-refractivity contribution in [2.24, 2.45) is 0 Å². The van der Waals surface area contributed by atoms with Crippen molar-refractivity contribution >= 4 is 26.0 Å². The average Bonchev–Trinajstić information content (AvgIpc) is 2.29. The summed E-state index contributed by atoms with van der Waals surface area (Å²) in [5.74, 6) is -0.731. The third-order valence-electron chi connectivity index (χ3n) is 1.90. The maximum absolute atomic E-state index is 13.2. The number of hydrogen-bond acceptors (Lipinski definition) is 4. The highest BCUT2D eigenvalue weighted by molar-refractivity contribution is 9.10. The fourth-order valence-corrected chi connectivity index (χ4v) is 2.41. The van der Waals surface area contributed by atoms with Gasteiger partial charge >= 0.3 is 0 Å². The molecular weight excluding hydrogens is 317 g/mol. The summed E-state index contributed by atoms with van der Waals surface area (Å²) in [6.45, 7) is -1.20. The van der Waals surface area contributed by atoms with Crippen LogP contribution in [0.1, 0.15) is 0 Å². The summed E-state index contributed by atoms with van der Waals surface area (Å²) in [4.78, 5) is -0.329. The summed E-state index contributed by atoms with van der Waals surface area (Å²) in [6.07, 6.45) is 0. The molecule has 0 atom stereocenters. The predicted octanol–water partition coefficient (Wildman–Crippen LogP) is 1.00. The van der Waals surface area contributed by atoms with Gasteiger partial charge in [-0.3, -0.25) is 0 Å². The van der Waals surface area contributed by atoms with Gasteiger partial charge in [0.15, 0.2) is 0 Å². The average molecular weight is 327 g/mol. The van der Waals surface area contributed by atoms with Gasteiger partial charge in [-0.25, -0.2) is 12.8 Å². The number of halogens is 2. The molecule has 5 nitrogen and oxygen atoms in total. The Hall–Kier alpha value is -0.540. The van der Waals surface area contributed by atoms with Gasteiger partial charge < -0.3 is 14.9 Å². The SMILES string of the molecule is O=S(=O)([N-]C(CO)CO)c1ccc(Br)c(F)c1. The summed E-state index contributed by atoms with van der Waals surface area (Å²) in [6, 6.07) is 2.10. The van der Waals surface area contributed by atoms with Gasteiger partial charge in [0.05, 0.1) is 9.37 Å². The van der Waals surface area contributed by atoms with E-state index in [1.54, 1.807) is 0 Å². The Labute approximate surface area is 106 Å². The first-order valence-corrected chi connectivity index (χ1v) is 6.78. The maximum atomic E-state index is 13.2. The quantitative estimate of drug-likeness (QED) is 0.845. The zero-order valence-corrected chi connectivity index (χ0v) is 10.9. The normalized spacial score (nSPS) is 12.1. The highest BCUT2D eigenvalue weighted by Gasteiger charge is 2.10. The van der Waals surface area contributed by atoms with Crippen LogP contribution in [0, 0.1) is 5.82 Å². The van der Waals surface area contributed by atoms with Gasteiger partial charge in [-0.1, -0.05) is 6.04 Å². The standard InChI is InChI=1S/C9H10BrFNO4S/c10-8-2-1-7(3-9(8)11)17(15,16)12-6(4-13)5-14/h1-3,6,13-14H,4-5H2/q-1. The lowest BCUT2D eigenvalue weighted by Crippen LogP contribution is -2.20. The zero-order valence-electron chi connectivity index (χ0n) is 8.55. The summed E-state index contributed by atoms with van der Waals surface area (Å²) < 4.78 is 39.9. The molecule has 2 N–H and O–H groups in total. The first-order valence-electron chi connectivity index (χ1n) is 4.54. The van der Waals surface area contributed by atoms with Crippen LogP contribution >= 0.6 is 15.9 Å². The molecule has 0 heterocycles. The van der Waals surface area contributed by atoms with Crippen LogP contribution in [0.2, 0.25) is 0 Å². The predicted molar refractivity (Wildman–Crippen MR) is 62.6 cm³/mol. The number of benzene rings is 1. The van der Waals surface area contributed by atoms with Gasteiger partial charge in [0.2, 0.25) is 0 Å². The van der Waals surface area contributed by atoms with E-state index in [0.29, 0.717) is 0 Å². The minimum atomic E-state index is -4.08. The molecule has 0 bridgehead atoms. The zero-order chi connectivity index (χ0) is 13.1. The Morgan fingerprint density at radius 3 is 2.41 bits per heavy atom. The smallest absolute Gasteiger partial charge is 0.138 e. The number of aliphatic hydroxyl groups is 2. The molecule has 0 saturated carbocycles. The Morgan fingerprint density at radius 2 is 1.94 bits per heavy atom. The largest absolute Gasteiger partial charge is 0.538 e. The van der Waals surface area contributed by atoms with Crippen molar-refractivity contribution < 1.29 is 23.0 Å². The van der Waals surface area contributed by atoms with Crippen LogP contribution in [0.25, 0.3) is 4.72 Å². The summed E-state index contributed by atoms with van der Waals surface area (Å²) in [5.41, 5.74) is 0. The highest BCUT2D eigenvalue weighted by Crippen LogP contribution is 2.23. The van der Waals surface area contributed by atoms with Crippen molar-refractivity contribution in [2.45, 2.75) is 10.9 Å². The first kappa shape index (κ1) is 14.5. The van der Waals surface area contributed by atoms with Crippen LogP contribution in [-0.2, 0) is 10.0 Å². The van der Waals surface area contributed by atoms with Gasteiger partial charge in [0, 0.05) is 13.2 Å². The maximum Gasteiger partial charge on any atom is 0.138 e. The lowest BCUT2D eigenvalue weighted by atomic mass is 10.3. The second-order valence-corrected chi connectivity index (χ2v) is 5.66. The molecule has 0 unspecified atom stereocenters. The fourth-order valence-electron chi connectivity index (χ4n) is 1.02. The van der Waals surface area contributed by atoms with Crippen LogP contribution in [0.4, 0.5) is 4.39 Å². The van der Waals surface area contributed by atoms with E-state index in [9.17, 15) is 12.8 Å². The molecular formula is C9H10BrFNO4S-. The number of rotatable bonds is 5. The summed E-state index contributed by atoms with van der Waals surface area (Å²) >= 11 is 2.89. The van der Waals surface area contributed by atoms with Gasteiger partial charge in [0.25, 0.3) is 0 Å². The Morgan fingerprint density at radius 1 is 1.35 bits per heavy atom. The van der Waals surface area contributed by atoms with E-state index in [-0.39, 0.29) is 9.37 Å². The number of hydrogen-bond donors (Lipinski definition) is 2. The second-order valence-electron chi connectivity index (χ2n) is 3.18. The molecule has 0 saturated heterocycles. The van der Waals surface area contributed by atoms with E-state index in [4.69, 9.17) is 10.2 Å². The highest BCUT2D eigenvalue weighted by atomic mass is 79.9. The third kappa shape index (κ3) is 3.71. The number of sulfonamides is 1. The minimum absolute atomic E-state index is 0.136. The van der Waals surface area contributed by atoms with E-state index in [2.05, 4.69) is 20.7 Å². The Balaban J connectivity index is 3.01. The van der Waals surface area contributed by atoms with E-state index < -0.39 is 35.1 Å². The molecule has 96 valence electrons. The van der Waals surface area contributed by atoms with Crippen molar-refractivity contribution in [1.82, 2.24) is 0 Å². The van der Waals surface area contributed by atoms with Gasteiger partial charge in [-0.15, -0.1) is 0 Å². The summed E-state index contributed by atoms with van der Waals surface area (Å²) in [7, 11) is -4.08. The molecule has 8 heteroatoms. The molecule has 17 heavy (non-hydrogen) atoms. The van der Waals surface area contributed by atoms with E-state index in [0.717, 1.165) is 6.07 Å². The Bertz CT molecular complexity index is 490. The molecule has 1 aromatic rings. The molecule has 0 spiro atoms. The van der Waals surface area contributed by atoms with Crippen LogP contribution in [0.3, 0.4) is 0 Å². The van der Waals surface area contributed by atoms with Crippen LogP contribution in [-0.4, -0.2) is 37.9 Å². The van der Waals surface area contributed by atoms with E-state index in [1.165, 1.54) is 12.1 Å². The van der Waals surface area contributed by atoms with Crippen LogP contribution in [0.15, 0.2) is 27.6 Å². The van der Waals surface area contributed by atoms with Gasteiger partial charge in [-0.05, 0) is 34.1 Å². The topological polar surface area (TPSA) is 88.7 Å². The summed E-state index contributed by atoms with van der Waals surface area (Å²) in [5, 5.41) is 17.5. The van der Waals surface area contributed by atoms with Crippen molar-refractivity contribution in [3.8, 4) is 0 Å². The van der Waals surface area contributed by atoms with Crippen molar-refractivity contribution in [1.29, 1.82) is 0 Å². The second kappa shape index (κ2) is 5.87. The molecule has 1 aromatic carbocycles. The lowest BCUT2D eigenvalue weighted by Gasteiger charge is -2.27. The van der Waals surface area contributed by atoms with Gasteiger partial charge in [-0.2, -0.15) is 0 Å². The molecule has 0 aliphatic rings. The van der Waals surface area contributed by atoms with Crippen molar-refractivity contribution in [3.63, 3.8) is 0 Å². The molecule has 0 aliphatic heterocycles. The number of nitrogens with zero attached hydrogens (tertiary/aromatic N) is 1. The molecule has 0 aliphatic carbocycles. The van der Waals surface area contributed by atoms with E-state index in [1.807, 2.05) is 0 Å². The fraction of sp³-hybridized carbons (Fsp3) is 0.333. The Kier molecular flexibility index (Phi) is 5.02. The molecule has 0 amide bonds. The van der Waals surface area contributed by atoms with Crippen molar-refractivity contribution in [2.75, 3.05) is 13.2 Å². The molecule has 1 rings (SSSR count). The molecule has 0 fully saturated rings. The molecule has 0 aromatic heterocycles. The molecule has 0 radical (unpaired) electrons. The van der Waals surface area contributed by atoms with E-state index >= 15 is 0 Å². The minimum Gasteiger partial charge on any atom is -0.538 e. The third-order valence-corrected chi connectivity index (χ3v) is 3.97. The van der Waals surface area contributed by atoms with Gasteiger partial charge in [0.1, 0.15) is 15.8 Å². The monoisotopic (exact) mass is 326 g/mol. The van der Waals surface area contributed by atoms with Crippen LogP contribution < -0.4 is 0 Å².